The molecular formula is C17H18ClN5OS. The molecule has 3 aromatic rings. The van der Waals surface area contributed by atoms with Crippen LogP contribution in [0.1, 0.15) is 22.6 Å². The maximum Gasteiger partial charge on any atom is 0.256 e. The number of halogens is 1. The molecule has 3 aromatic heterocycles. The van der Waals surface area contributed by atoms with Crippen molar-refractivity contribution in [2.75, 3.05) is 12.8 Å². The molecule has 8 heteroatoms. The predicted molar refractivity (Wildman–Crippen MR) is 99.4 cm³/mol. The van der Waals surface area contributed by atoms with Crippen LogP contribution in [0.2, 0.25) is 5.02 Å². The molecule has 0 fully saturated rings. The minimum absolute atomic E-state index is 0.0306. The van der Waals surface area contributed by atoms with E-state index in [4.69, 9.17) is 11.6 Å². The van der Waals surface area contributed by atoms with Crippen LogP contribution in [-0.4, -0.2) is 37.1 Å². The molecule has 6 nitrogen and oxygen atoms in total. The van der Waals surface area contributed by atoms with Gasteiger partial charge in [-0.1, -0.05) is 23.4 Å². The highest BCUT2D eigenvalue weighted by Gasteiger charge is 2.23. The van der Waals surface area contributed by atoms with Gasteiger partial charge in [0.05, 0.1) is 27.7 Å². The van der Waals surface area contributed by atoms with Crippen LogP contribution < -0.4 is 5.56 Å². The molecule has 0 unspecified atom stereocenters. The number of rotatable bonds is 3. The quantitative estimate of drug-likeness (QED) is 0.563. The van der Waals surface area contributed by atoms with Gasteiger partial charge in [-0.25, -0.2) is 9.97 Å². The van der Waals surface area contributed by atoms with Gasteiger partial charge in [-0.2, -0.15) is 0 Å². The van der Waals surface area contributed by atoms with Gasteiger partial charge in [0.15, 0.2) is 5.16 Å². The Morgan fingerprint density at radius 3 is 3.00 bits per heavy atom. The lowest BCUT2D eigenvalue weighted by Crippen LogP contribution is -2.35. The second-order valence-corrected chi connectivity index (χ2v) is 7.41. The molecule has 0 atom stereocenters. The first kappa shape index (κ1) is 16.6. The summed E-state index contributed by atoms with van der Waals surface area (Å²) in [5.74, 6) is 0. The van der Waals surface area contributed by atoms with E-state index in [9.17, 15) is 4.79 Å². The summed E-state index contributed by atoms with van der Waals surface area (Å²) in [4.78, 5) is 26.6. The topological polar surface area (TPSA) is 66.3 Å². The molecule has 25 heavy (non-hydrogen) atoms. The van der Waals surface area contributed by atoms with E-state index in [1.807, 2.05) is 35.9 Å². The third-order valence-electron chi connectivity index (χ3n) is 4.57. The average molecular weight is 376 g/mol. The first-order valence-electron chi connectivity index (χ1n) is 8.06. The van der Waals surface area contributed by atoms with Crippen LogP contribution in [0.3, 0.4) is 0 Å². The molecule has 4 heterocycles. The second kappa shape index (κ2) is 6.48. The van der Waals surface area contributed by atoms with Crippen LogP contribution in [0, 0.1) is 6.92 Å². The van der Waals surface area contributed by atoms with Crippen molar-refractivity contribution in [1.29, 1.82) is 0 Å². The Morgan fingerprint density at radius 2 is 2.20 bits per heavy atom. The number of imidazole rings is 1. The van der Waals surface area contributed by atoms with E-state index in [0.717, 1.165) is 47.8 Å². The lowest BCUT2D eigenvalue weighted by Gasteiger charge is -2.27. The number of aryl methyl sites for hydroxylation is 1. The highest BCUT2D eigenvalue weighted by molar-refractivity contribution is 7.98. The van der Waals surface area contributed by atoms with Crippen LogP contribution in [-0.2, 0) is 19.5 Å². The maximum absolute atomic E-state index is 12.3. The zero-order chi connectivity index (χ0) is 17.6. The van der Waals surface area contributed by atoms with Crippen LogP contribution in [0.15, 0.2) is 28.3 Å². The van der Waals surface area contributed by atoms with Gasteiger partial charge in [0.2, 0.25) is 0 Å². The Balaban J connectivity index is 1.64. The molecule has 0 aliphatic carbocycles. The predicted octanol–water partition coefficient (Wildman–Crippen LogP) is 2.66. The number of fused-ring (bicyclic) bond motifs is 2. The number of nitrogens with one attached hydrogen (secondary N) is 1. The fourth-order valence-corrected chi connectivity index (χ4v) is 3.83. The minimum Gasteiger partial charge on any atom is -0.301 e. The second-order valence-electron chi connectivity index (χ2n) is 6.18. The van der Waals surface area contributed by atoms with Crippen LogP contribution in [0.25, 0.3) is 5.65 Å². The fourth-order valence-electron chi connectivity index (χ4n) is 3.28. The standard InChI is InChI=1S/C17H18ClN5OS/c1-10-14(23-7-11(18)3-4-15(23)19-10)9-22-6-5-13-12(8-22)16(24)21-17(20-13)25-2/h3-4,7H,5-6,8-9H2,1-2H3,(H,20,21,24). The molecule has 1 aliphatic rings. The zero-order valence-corrected chi connectivity index (χ0v) is 15.6. The Morgan fingerprint density at radius 1 is 1.36 bits per heavy atom. The van der Waals surface area contributed by atoms with E-state index in [2.05, 4.69) is 19.9 Å². The van der Waals surface area contributed by atoms with Crippen LogP contribution in [0.5, 0.6) is 0 Å². The summed E-state index contributed by atoms with van der Waals surface area (Å²) in [6.45, 7) is 4.19. The van der Waals surface area contributed by atoms with Crippen molar-refractivity contribution >= 4 is 29.0 Å². The highest BCUT2D eigenvalue weighted by Crippen LogP contribution is 2.21. The van der Waals surface area contributed by atoms with Gasteiger partial charge in [0.1, 0.15) is 5.65 Å². The molecule has 0 bridgehead atoms. The number of aromatic amines is 1. The van der Waals surface area contributed by atoms with E-state index in [1.54, 1.807) is 0 Å². The Bertz CT molecular complexity index is 1010. The first-order valence-corrected chi connectivity index (χ1v) is 9.67. The number of aromatic nitrogens is 4. The third kappa shape index (κ3) is 3.07. The summed E-state index contributed by atoms with van der Waals surface area (Å²) in [5, 5.41) is 1.37. The van der Waals surface area contributed by atoms with Crippen LogP contribution >= 0.6 is 23.4 Å². The Kier molecular flexibility index (Phi) is 4.31. The van der Waals surface area contributed by atoms with Crippen molar-refractivity contribution in [2.24, 2.45) is 0 Å². The van der Waals surface area contributed by atoms with E-state index >= 15 is 0 Å². The van der Waals surface area contributed by atoms with Gasteiger partial charge >= 0.3 is 0 Å². The summed E-state index contributed by atoms with van der Waals surface area (Å²) in [7, 11) is 0. The molecule has 130 valence electrons. The van der Waals surface area contributed by atoms with Gasteiger partial charge in [0, 0.05) is 32.3 Å². The van der Waals surface area contributed by atoms with Gasteiger partial charge in [-0.3, -0.25) is 9.69 Å². The third-order valence-corrected chi connectivity index (χ3v) is 5.38. The van der Waals surface area contributed by atoms with E-state index < -0.39 is 0 Å². The van der Waals surface area contributed by atoms with Crippen molar-refractivity contribution in [1.82, 2.24) is 24.3 Å². The summed E-state index contributed by atoms with van der Waals surface area (Å²) in [6.07, 6.45) is 4.59. The van der Waals surface area contributed by atoms with Crippen molar-refractivity contribution in [2.45, 2.75) is 31.6 Å². The molecule has 1 N–H and O–H groups in total. The van der Waals surface area contributed by atoms with E-state index in [0.29, 0.717) is 16.7 Å². The number of hydrogen-bond acceptors (Lipinski definition) is 5. The molecule has 0 saturated carbocycles. The van der Waals surface area contributed by atoms with Crippen molar-refractivity contribution in [3.63, 3.8) is 0 Å². The molecule has 1 aliphatic heterocycles. The average Bonchev–Trinajstić information content (AvgIpc) is 2.90. The zero-order valence-electron chi connectivity index (χ0n) is 14.0. The van der Waals surface area contributed by atoms with E-state index in [1.165, 1.54) is 11.8 Å². The largest absolute Gasteiger partial charge is 0.301 e. The molecule has 0 spiro atoms. The lowest BCUT2D eigenvalue weighted by atomic mass is 10.1. The summed E-state index contributed by atoms with van der Waals surface area (Å²) < 4.78 is 2.03. The summed E-state index contributed by atoms with van der Waals surface area (Å²) in [6, 6.07) is 3.77. The van der Waals surface area contributed by atoms with Crippen molar-refractivity contribution in [3.8, 4) is 0 Å². The monoisotopic (exact) mass is 375 g/mol. The van der Waals surface area contributed by atoms with Gasteiger partial charge < -0.3 is 9.38 Å². The van der Waals surface area contributed by atoms with Crippen LogP contribution in [0.4, 0.5) is 0 Å². The smallest absolute Gasteiger partial charge is 0.256 e. The van der Waals surface area contributed by atoms with Gasteiger partial charge in [-0.05, 0) is 25.3 Å². The molecular weight excluding hydrogens is 358 g/mol. The van der Waals surface area contributed by atoms with E-state index in [-0.39, 0.29) is 5.56 Å². The van der Waals surface area contributed by atoms with Gasteiger partial charge in [-0.15, -0.1) is 0 Å². The first-order chi connectivity index (χ1) is 12.0. The normalized spacial score (nSPS) is 14.8. The molecule has 4 rings (SSSR count). The number of H-pyrrole nitrogens is 1. The number of pyridine rings is 1. The Hall–Kier alpha value is -1.83. The lowest BCUT2D eigenvalue weighted by molar-refractivity contribution is 0.237. The fraction of sp³-hybridized carbons (Fsp3) is 0.353. The molecule has 0 saturated heterocycles. The van der Waals surface area contributed by atoms with Crippen molar-refractivity contribution in [3.05, 3.63) is 56.4 Å². The SMILES string of the molecule is CSc1nc2c(c(=O)[nH]1)CN(Cc1c(C)nc3ccc(Cl)cn13)CC2. The maximum atomic E-state index is 12.3. The Labute approximate surface area is 154 Å². The summed E-state index contributed by atoms with van der Waals surface area (Å²) in [5.41, 5.74) is 4.63. The minimum atomic E-state index is -0.0306. The number of hydrogen-bond donors (Lipinski definition) is 1. The van der Waals surface area contributed by atoms with Gasteiger partial charge in [0.25, 0.3) is 5.56 Å². The summed E-state index contributed by atoms with van der Waals surface area (Å²) >= 11 is 7.60. The number of thioether (sulfide) groups is 1. The number of nitrogens with zero attached hydrogens (tertiary/aromatic N) is 4. The van der Waals surface area contributed by atoms with Crippen molar-refractivity contribution < 1.29 is 0 Å². The molecule has 0 amide bonds. The highest BCUT2D eigenvalue weighted by atomic mass is 35.5. The molecule has 0 aromatic carbocycles. The molecule has 0 radical (unpaired) electrons.